The normalized spacial score (nSPS) is 16.9. The summed E-state index contributed by atoms with van der Waals surface area (Å²) in [7, 11) is 0. The summed E-state index contributed by atoms with van der Waals surface area (Å²) in [5.74, 6) is -0.0795. The second-order valence-electron chi connectivity index (χ2n) is 6.68. The number of carbonyl (C=O) groups is 2. The van der Waals surface area contributed by atoms with Crippen LogP contribution >= 0.6 is 12.4 Å². The number of nitrogens with one attached hydrogen (secondary N) is 2. The summed E-state index contributed by atoms with van der Waals surface area (Å²) in [5, 5.41) is 5.82. The lowest BCUT2D eigenvalue weighted by atomic mass is 9.92. The number of hydrogen-bond acceptors (Lipinski definition) is 4. The van der Waals surface area contributed by atoms with Crippen molar-refractivity contribution in [1.29, 1.82) is 0 Å². The van der Waals surface area contributed by atoms with E-state index in [1.54, 1.807) is 12.1 Å². The summed E-state index contributed by atoms with van der Waals surface area (Å²) >= 11 is 0. The number of benzene rings is 1. The van der Waals surface area contributed by atoms with Crippen molar-refractivity contribution in [2.24, 2.45) is 11.7 Å². The summed E-state index contributed by atoms with van der Waals surface area (Å²) < 4.78 is 5.30. The molecule has 1 aromatic rings. The van der Waals surface area contributed by atoms with Gasteiger partial charge in [0.1, 0.15) is 0 Å². The molecule has 2 amide bonds. The molecule has 1 heterocycles. The van der Waals surface area contributed by atoms with Gasteiger partial charge in [0.25, 0.3) is 5.91 Å². The molecule has 7 heteroatoms. The molecule has 0 radical (unpaired) electrons. The molecular weight excluding hydrogens is 354 g/mol. The third kappa shape index (κ3) is 6.59. The van der Waals surface area contributed by atoms with Gasteiger partial charge >= 0.3 is 0 Å². The van der Waals surface area contributed by atoms with Crippen molar-refractivity contribution in [1.82, 2.24) is 10.6 Å². The average Bonchev–Trinajstić information content (AvgIpc) is 2.66. The number of ether oxygens (including phenoxy) is 1. The van der Waals surface area contributed by atoms with Crippen LogP contribution in [0, 0.1) is 5.92 Å². The van der Waals surface area contributed by atoms with Crippen molar-refractivity contribution in [2.75, 3.05) is 13.2 Å². The van der Waals surface area contributed by atoms with Crippen LogP contribution in [0.4, 0.5) is 0 Å². The van der Waals surface area contributed by atoms with Gasteiger partial charge in [0.2, 0.25) is 5.91 Å². The molecule has 1 aliphatic rings. The smallest absolute Gasteiger partial charge is 0.251 e. The summed E-state index contributed by atoms with van der Waals surface area (Å²) in [6, 6.07) is 6.91. The third-order valence-corrected chi connectivity index (χ3v) is 4.72. The Bertz CT molecular complexity index is 591. The van der Waals surface area contributed by atoms with Crippen LogP contribution < -0.4 is 16.4 Å². The monoisotopic (exact) mass is 383 g/mol. The fourth-order valence-corrected chi connectivity index (χ4v) is 2.83. The molecule has 6 nitrogen and oxygen atoms in total. The summed E-state index contributed by atoms with van der Waals surface area (Å²) in [5.41, 5.74) is 7.55. The van der Waals surface area contributed by atoms with Crippen molar-refractivity contribution in [3.05, 3.63) is 35.4 Å². The van der Waals surface area contributed by atoms with Crippen LogP contribution in [0.5, 0.6) is 0 Å². The Balaban J connectivity index is 0.00000338. The standard InChI is InChI=1S/C19H29N3O3.ClH/c1-3-13(2)22-18(23)16-6-4-5-14(11-16)12-21-19(24)17(20)15-7-9-25-10-8-15;/h4-6,11,13,15,17H,3,7-10,12,20H2,1-2H3,(H,21,24)(H,22,23);1H. The molecular formula is C19H30ClN3O3. The Hall–Kier alpha value is -1.63. The molecule has 0 saturated carbocycles. The van der Waals surface area contributed by atoms with Crippen molar-refractivity contribution >= 4 is 24.2 Å². The number of amides is 2. The van der Waals surface area contributed by atoms with Gasteiger partial charge in [-0.05, 0) is 49.8 Å². The molecule has 2 atom stereocenters. The zero-order valence-electron chi connectivity index (χ0n) is 15.5. The maximum atomic E-state index is 12.3. The predicted molar refractivity (Wildman–Crippen MR) is 104 cm³/mol. The minimum atomic E-state index is -0.513. The van der Waals surface area contributed by atoms with E-state index in [-0.39, 0.29) is 36.2 Å². The van der Waals surface area contributed by atoms with Gasteiger partial charge in [-0.1, -0.05) is 19.1 Å². The Labute approximate surface area is 161 Å². The molecule has 0 aromatic heterocycles. The first-order chi connectivity index (χ1) is 12.0. The van der Waals surface area contributed by atoms with E-state index in [1.807, 2.05) is 26.0 Å². The molecule has 2 rings (SSSR count). The van der Waals surface area contributed by atoms with E-state index < -0.39 is 6.04 Å². The predicted octanol–water partition coefficient (Wildman–Crippen LogP) is 2.01. The molecule has 146 valence electrons. The second kappa shape index (κ2) is 11.2. The van der Waals surface area contributed by atoms with Gasteiger partial charge in [-0.2, -0.15) is 0 Å². The summed E-state index contributed by atoms with van der Waals surface area (Å²) in [4.78, 5) is 24.5. The van der Waals surface area contributed by atoms with Crippen LogP contribution in [-0.2, 0) is 16.1 Å². The van der Waals surface area contributed by atoms with Crippen LogP contribution in [0.3, 0.4) is 0 Å². The van der Waals surface area contributed by atoms with Crippen molar-refractivity contribution in [3.63, 3.8) is 0 Å². The van der Waals surface area contributed by atoms with Crippen molar-refractivity contribution in [3.8, 4) is 0 Å². The van der Waals surface area contributed by atoms with Gasteiger partial charge in [0.15, 0.2) is 0 Å². The number of carbonyl (C=O) groups excluding carboxylic acids is 2. The Morgan fingerprint density at radius 2 is 2.00 bits per heavy atom. The van der Waals surface area contributed by atoms with Crippen LogP contribution in [0.1, 0.15) is 49.0 Å². The molecule has 4 N–H and O–H groups in total. The molecule has 0 bridgehead atoms. The van der Waals surface area contributed by atoms with E-state index in [4.69, 9.17) is 10.5 Å². The van der Waals surface area contributed by atoms with Crippen molar-refractivity contribution in [2.45, 2.75) is 51.7 Å². The lowest BCUT2D eigenvalue weighted by Crippen LogP contribution is -2.46. The molecule has 1 fully saturated rings. The molecule has 1 aliphatic heterocycles. The fourth-order valence-electron chi connectivity index (χ4n) is 2.83. The van der Waals surface area contributed by atoms with E-state index in [9.17, 15) is 9.59 Å². The highest BCUT2D eigenvalue weighted by molar-refractivity contribution is 5.94. The highest BCUT2D eigenvalue weighted by atomic mass is 35.5. The maximum absolute atomic E-state index is 12.3. The van der Waals surface area contributed by atoms with Crippen LogP contribution in [0.25, 0.3) is 0 Å². The lowest BCUT2D eigenvalue weighted by Gasteiger charge is -2.26. The third-order valence-electron chi connectivity index (χ3n) is 4.72. The van der Waals surface area contributed by atoms with Gasteiger partial charge in [-0.15, -0.1) is 12.4 Å². The fraction of sp³-hybridized carbons (Fsp3) is 0.579. The largest absolute Gasteiger partial charge is 0.381 e. The first kappa shape index (κ1) is 22.4. The van der Waals surface area contributed by atoms with Gasteiger partial charge in [-0.25, -0.2) is 0 Å². The molecule has 0 spiro atoms. The first-order valence-corrected chi connectivity index (χ1v) is 9.02. The minimum Gasteiger partial charge on any atom is -0.381 e. The zero-order chi connectivity index (χ0) is 18.2. The second-order valence-corrected chi connectivity index (χ2v) is 6.68. The number of halogens is 1. The quantitative estimate of drug-likeness (QED) is 0.671. The maximum Gasteiger partial charge on any atom is 0.251 e. The molecule has 1 aromatic carbocycles. The Kier molecular flexibility index (Phi) is 9.62. The first-order valence-electron chi connectivity index (χ1n) is 9.02. The van der Waals surface area contributed by atoms with Gasteiger partial charge in [-0.3, -0.25) is 9.59 Å². The van der Waals surface area contributed by atoms with E-state index >= 15 is 0 Å². The van der Waals surface area contributed by atoms with E-state index in [0.29, 0.717) is 25.3 Å². The molecule has 1 saturated heterocycles. The van der Waals surface area contributed by atoms with Crippen molar-refractivity contribution < 1.29 is 14.3 Å². The highest BCUT2D eigenvalue weighted by Gasteiger charge is 2.26. The number of rotatable bonds is 7. The van der Waals surface area contributed by atoms with E-state index in [2.05, 4.69) is 10.6 Å². The average molecular weight is 384 g/mol. The van der Waals surface area contributed by atoms with Gasteiger partial charge in [0.05, 0.1) is 6.04 Å². The van der Waals surface area contributed by atoms with Gasteiger partial charge in [0, 0.05) is 31.4 Å². The lowest BCUT2D eigenvalue weighted by molar-refractivity contribution is -0.124. The highest BCUT2D eigenvalue weighted by Crippen LogP contribution is 2.17. The summed E-state index contributed by atoms with van der Waals surface area (Å²) in [6.07, 6.45) is 2.52. The van der Waals surface area contributed by atoms with Crippen LogP contribution in [-0.4, -0.2) is 37.1 Å². The SMILES string of the molecule is CCC(C)NC(=O)c1cccc(CNC(=O)C(N)C2CCOCC2)c1.Cl. The molecule has 2 unspecified atom stereocenters. The Morgan fingerprint density at radius 3 is 2.65 bits per heavy atom. The number of nitrogens with two attached hydrogens (primary N) is 1. The van der Waals surface area contributed by atoms with E-state index in [0.717, 1.165) is 24.8 Å². The topological polar surface area (TPSA) is 93.5 Å². The number of hydrogen-bond donors (Lipinski definition) is 3. The van der Waals surface area contributed by atoms with Crippen LogP contribution in [0.15, 0.2) is 24.3 Å². The van der Waals surface area contributed by atoms with Crippen LogP contribution in [0.2, 0.25) is 0 Å². The Morgan fingerprint density at radius 1 is 1.31 bits per heavy atom. The zero-order valence-corrected chi connectivity index (χ0v) is 16.3. The van der Waals surface area contributed by atoms with Gasteiger partial charge < -0.3 is 21.1 Å². The molecule has 0 aliphatic carbocycles. The molecule has 26 heavy (non-hydrogen) atoms. The summed E-state index contributed by atoms with van der Waals surface area (Å²) in [6.45, 7) is 5.69. The minimum absolute atomic E-state index is 0. The van der Waals surface area contributed by atoms with E-state index in [1.165, 1.54) is 0 Å².